The molecule has 0 fully saturated rings. The Bertz CT molecular complexity index is 1530. The van der Waals surface area contributed by atoms with Crippen molar-refractivity contribution in [1.29, 1.82) is 0 Å². The summed E-state index contributed by atoms with van der Waals surface area (Å²) < 4.78 is 12.2. The molecule has 0 aliphatic heterocycles. The van der Waals surface area contributed by atoms with E-state index in [2.05, 4.69) is 39.0 Å². The zero-order valence-corrected chi connectivity index (χ0v) is 18.8. The van der Waals surface area contributed by atoms with Crippen LogP contribution in [0.4, 0.5) is 0 Å². The molecule has 5 aromatic rings. The van der Waals surface area contributed by atoms with E-state index in [1.807, 2.05) is 49.4 Å². The van der Waals surface area contributed by atoms with Crippen molar-refractivity contribution >= 4 is 28.3 Å². The van der Waals surface area contributed by atoms with Crippen LogP contribution in [0.15, 0.2) is 76.0 Å². The van der Waals surface area contributed by atoms with Crippen LogP contribution in [0.2, 0.25) is 0 Å². The molecule has 2 heterocycles. The molecule has 0 saturated heterocycles. The lowest BCUT2D eigenvalue weighted by Gasteiger charge is -2.12. The van der Waals surface area contributed by atoms with Gasteiger partial charge in [-0.15, -0.1) is 0 Å². The van der Waals surface area contributed by atoms with E-state index in [1.54, 1.807) is 7.11 Å². The van der Waals surface area contributed by atoms with Crippen LogP contribution >= 0.6 is 12.2 Å². The minimum Gasteiger partial charge on any atom is -0.486 e. The Morgan fingerprint density at radius 1 is 1.03 bits per heavy atom. The van der Waals surface area contributed by atoms with Crippen LogP contribution in [-0.2, 0) is 11.3 Å². The largest absolute Gasteiger partial charge is 0.486 e. The van der Waals surface area contributed by atoms with Crippen molar-refractivity contribution in [2.45, 2.75) is 13.5 Å². The van der Waals surface area contributed by atoms with Crippen molar-refractivity contribution in [2.24, 2.45) is 0 Å². The lowest BCUT2D eigenvalue weighted by molar-refractivity contribution is 0.388. The number of imidazole rings is 1. The van der Waals surface area contributed by atoms with Crippen molar-refractivity contribution in [3.8, 4) is 22.5 Å². The van der Waals surface area contributed by atoms with E-state index in [0.29, 0.717) is 17.4 Å². The van der Waals surface area contributed by atoms with Crippen molar-refractivity contribution in [2.75, 3.05) is 7.11 Å². The Balaban J connectivity index is 1.51. The minimum absolute atomic E-state index is 0.404. The first-order valence-electron chi connectivity index (χ1n) is 10.3. The zero-order valence-electron chi connectivity index (χ0n) is 18.0. The monoisotopic (exact) mass is 456 g/mol. The van der Waals surface area contributed by atoms with Gasteiger partial charge in [-0.25, -0.2) is 9.78 Å². The molecule has 0 amide bonds. The van der Waals surface area contributed by atoms with Gasteiger partial charge in [0.15, 0.2) is 10.9 Å². The quantitative estimate of drug-likeness (QED) is 0.385. The lowest BCUT2D eigenvalue weighted by atomic mass is 9.98. The summed E-state index contributed by atoms with van der Waals surface area (Å²) in [7, 11) is 1.58. The van der Waals surface area contributed by atoms with Crippen molar-refractivity contribution in [3.05, 3.63) is 94.2 Å². The zero-order chi connectivity index (χ0) is 22.9. The fraction of sp³-hybridized carbons (Fsp3) is 0.120. The molecule has 7 nitrogen and oxygen atoms in total. The van der Waals surface area contributed by atoms with Gasteiger partial charge in [-0.3, -0.25) is 0 Å². The normalized spacial score (nSPS) is 11.1. The van der Waals surface area contributed by atoms with Gasteiger partial charge in [-0.2, -0.15) is 10.1 Å². The molecule has 1 N–H and O–H groups in total. The first-order valence-corrected chi connectivity index (χ1v) is 10.7. The van der Waals surface area contributed by atoms with Gasteiger partial charge in [0.1, 0.15) is 5.82 Å². The summed E-state index contributed by atoms with van der Waals surface area (Å²) in [6.45, 7) is 2.63. The number of ether oxygens (including phenoxy) is 1. The van der Waals surface area contributed by atoms with E-state index >= 15 is 0 Å². The highest BCUT2D eigenvalue weighted by molar-refractivity contribution is 7.80. The molecule has 33 heavy (non-hydrogen) atoms. The second-order valence-electron chi connectivity index (χ2n) is 7.58. The Morgan fingerprint density at radius 3 is 2.48 bits per heavy atom. The summed E-state index contributed by atoms with van der Waals surface area (Å²) in [4.78, 5) is 20.0. The van der Waals surface area contributed by atoms with E-state index < -0.39 is 5.76 Å². The molecule has 0 saturated carbocycles. The molecule has 3 aromatic carbocycles. The first kappa shape index (κ1) is 20.8. The number of aryl methyl sites for hydroxylation is 1. The maximum absolute atomic E-state index is 11.4. The summed E-state index contributed by atoms with van der Waals surface area (Å²) in [5.41, 5.74) is 6.58. The molecule has 2 aromatic heterocycles. The third-order valence-corrected chi connectivity index (χ3v) is 5.98. The molecule has 8 heteroatoms. The number of hydrogen-bond acceptors (Lipinski definition) is 6. The first-order chi connectivity index (χ1) is 16.0. The molecular formula is C25H20N4O3S. The predicted octanol–water partition coefficient (Wildman–Crippen LogP) is 4.73. The van der Waals surface area contributed by atoms with Crippen LogP contribution in [-0.4, -0.2) is 31.9 Å². The highest BCUT2D eigenvalue weighted by Crippen LogP contribution is 2.30. The summed E-state index contributed by atoms with van der Waals surface area (Å²) in [6, 6.07) is 21.9. The molecular weight excluding hydrogens is 436 g/mol. The van der Waals surface area contributed by atoms with Crippen molar-refractivity contribution < 1.29 is 9.26 Å². The van der Waals surface area contributed by atoms with Crippen LogP contribution in [0.5, 0.6) is 0 Å². The average molecular weight is 457 g/mol. The smallest absolute Gasteiger partial charge is 0.460 e. The van der Waals surface area contributed by atoms with Crippen LogP contribution in [0, 0.1) is 6.92 Å². The van der Waals surface area contributed by atoms with Gasteiger partial charge in [0, 0.05) is 12.1 Å². The van der Waals surface area contributed by atoms with Crippen molar-refractivity contribution in [3.63, 3.8) is 0 Å². The van der Waals surface area contributed by atoms with Crippen LogP contribution in [0.1, 0.15) is 17.0 Å². The van der Waals surface area contributed by atoms with Gasteiger partial charge < -0.3 is 13.8 Å². The number of methoxy groups -OCH3 is 1. The molecule has 0 bridgehead atoms. The molecule has 0 spiro atoms. The Kier molecular flexibility index (Phi) is 5.35. The SMILES string of the molecule is COC(=S)c1cccc2nc(C)n(Cc3ccc(-c4ccccc4-c4nc(=O)o[nH]4)cc3)c12. The second kappa shape index (κ2) is 8.48. The van der Waals surface area contributed by atoms with Gasteiger partial charge in [-0.05, 0) is 48.0 Å². The average Bonchev–Trinajstić information content (AvgIpc) is 3.41. The van der Waals surface area contributed by atoms with Gasteiger partial charge >= 0.3 is 5.76 Å². The number of para-hydroxylation sites is 1. The number of benzene rings is 3. The number of hydrogen-bond donors (Lipinski definition) is 1. The second-order valence-corrected chi connectivity index (χ2v) is 7.95. The van der Waals surface area contributed by atoms with Crippen molar-refractivity contribution in [1.82, 2.24) is 19.7 Å². The van der Waals surface area contributed by atoms with E-state index in [1.165, 1.54) is 0 Å². The molecule has 0 unspecified atom stereocenters. The highest BCUT2D eigenvalue weighted by atomic mass is 32.1. The summed E-state index contributed by atoms with van der Waals surface area (Å²) in [6.07, 6.45) is 0. The topological polar surface area (TPSA) is 85.9 Å². The maximum atomic E-state index is 11.4. The highest BCUT2D eigenvalue weighted by Gasteiger charge is 2.16. The van der Waals surface area contributed by atoms with E-state index in [0.717, 1.165) is 44.7 Å². The molecule has 0 radical (unpaired) electrons. The number of H-pyrrole nitrogens is 1. The standard InChI is InChI=1S/C25H20N4O3S/c1-15-26-21-9-5-8-20(24(33)31-2)22(21)29(15)14-16-10-12-17(13-11-16)18-6-3-4-7-19(18)23-27-25(30)32-28-23/h3-13H,14H2,1-2H3,(H,27,28,30). The number of rotatable bonds is 5. The Hall–Kier alpha value is -4.04. The van der Waals surface area contributed by atoms with Gasteiger partial charge in [-0.1, -0.05) is 54.6 Å². The summed E-state index contributed by atoms with van der Waals surface area (Å²) in [5.74, 6) is 0.660. The number of nitrogens with zero attached hydrogens (tertiary/aromatic N) is 3. The number of fused-ring (bicyclic) bond motifs is 1. The molecule has 164 valence electrons. The molecule has 0 atom stereocenters. The number of aromatic amines is 1. The lowest BCUT2D eigenvalue weighted by Crippen LogP contribution is -2.07. The number of aromatic nitrogens is 4. The minimum atomic E-state index is -0.648. The number of nitrogens with one attached hydrogen (secondary N) is 1. The van der Waals surface area contributed by atoms with Gasteiger partial charge in [0.25, 0.3) is 0 Å². The Morgan fingerprint density at radius 2 is 1.79 bits per heavy atom. The summed E-state index contributed by atoms with van der Waals surface area (Å²) in [5, 5.41) is 3.03. The number of thiocarbonyl (C=S) groups is 1. The maximum Gasteiger partial charge on any atom is 0.460 e. The molecule has 0 aliphatic rings. The third kappa shape index (κ3) is 3.85. The fourth-order valence-electron chi connectivity index (χ4n) is 4.03. The van der Waals surface area contributed by atoms with Crippen LogP contribution in [0.3, 0.4) is 0 Å². The van der Waals surface area contributed by atoms with Crippen LogP contribution < -0.4 is 5.76 Å². The van der Waals surface area contributed by atoms with Gasteiger partial charge in [0.05, 0.1) is 23.7 Å². The van der Waals surface area contributed by atoms with Gasteiger partial charge in [0.2, 0.25) is 0 Å². The van der Waals surface area contributed by atoms with Crippen LogP contribution in [0.25, 0.3) is 33.5 Å². The summed E-state index contributed by atoms with van der Waals surface area (Å²) >= 11 is 5.41. The van der Waals surface area contributed by atoms with E-state index in [4.69, 9.17) is 26.5 Å². The van der Waals surface area contributed by atoms with E-state index in [-0.39, 0.29) is 0 Å². The molecule has 0 aliphatic carbocycles. The molecule has 5 rings (SSSR count). The third-order valence-electron chi connectivity index (χ3n) is 5.59. The predicted molar refractivity (Wildman–Crippen MR) is 130 cm³/mol. The Labute approximate surface area is 194 Å². The fourth-order valence-corrected chi connectivity index (χ4v) is 4.19. The van der Waals surface area contributed by atoms with E-state index in [9.17, 15) is 4.79 Å².